The molecule has 0 unspecified atom stereocenters. The number of rotatable bonds is 6. The van der Waals surface area contributed by atoms with E-state index in [9.17, 15) is 13.6 Å². The average molecular weight is 508 g/mol. The Balaban J connectivity index is 1.51. The quantitative estimate of drug-likeness (QED) is 0.341. The van der Waals surface area contributed by atoms with Gasteiger partial charge in [0.2, 0.25) is 11.1 Å². The molecule has 0 radical (unpaired) electrons. The van der Waals surface area contributed by atoms with E-state index in [1.54, 1.807) is 16.6 Å². The number of nitrogens with zero attached hydrogens (tertiary/aromatic N) is 4. The minimum absolute atomic E-state index is 0.0294. The molecular weight excluding hydrogens is 491 g/mol. The van der Waals surface area contributed by atoms with E-state index in [0.717, 1.165) is 23.0 Å². The lowest BCUT2D eigenvalue weighted by molar-refractivity contribution is -0.113. The molecule has 0 atom stereocenters. The third-order valence-corrected chi connectivity index (χ3v) is 6.46. The number of halogens is 4. The molecule has 2 aromatic carbocycles. The first-order chi connectivity index (χ1) is 15.7. The highest BCUT2D eigenvalue weighted by molar-refractivity contribution is 7.99. The summed E-state index contributed by atoms with van der Waals surface area (Å²) in [5.74, 6) is -0.863. The minimum atomic E-state index is -0.562. The molecule has 2 aromatic heterocycles. The van der Waals surface area contributed by atoms with Crippen LogP contribution in [0.25, 0.3) is 5.78 Å². The first kappa shape index (κ1) is 23.4. The summed E-state index contributed by atoms with van der Waals surface area (Å²) in [4.78, 5) is 21.1. The van der Waals surface area contributed by atoms with Crippen molar-refractivity contribution in [2.24, 2.45) is 0 Å². The lowest BCUT2D eigenvalue weighted by Gasteiger charge is -2.12. The minimum Gasteiger partial charge on any atom is -0.325 e. The summed E-state index contributed by atoms with van der Waals surface area (Å²) in [6.45, 7) is 3.67. The smallest absolute Gasteiger partial charge is 0.253 e. The van der Waals surface area contributed by atoms with Crippen LogP contribution in [0, 0.1) is 25.5 Å². The molecule has 0 saturated carbocycles. The highest BCUT2D eigenvalue weighted by Crippen LogP contribution is 2.26. The van der Waals surface area contributed by atoms with Crippen molar-refractivity contribution in [1.82, 2.24) is 19.6 Å². The van der Waals surface area contributed by atoms with Crippen LogP contribution in [0.5, 0.6) is 0 Å². The van der Waals surface area contributed by atoms with Crippen LogP contribution in [0.4, 0.5) is 14.5 Å². The predicted octanol–water partition coefficient (Wildman–Crippen LogP) is 5.65. The van der Waals surface area contributed by atoms with E-state index < -0.39 is 5.82 Å². The van der Waals surface area contributed by atoms with Crippen molar-refractivity contribution in [2.75, 3.05) is 11.1 Å². The normalized spacial score (nSPS) is 11.2. The number of fused-ring (bicyclic) bond motifs is 1. The molecule has 6 nitrogen and oxygen atoms in total. The molecule has 1 N–H and O–H groups in total. The van der Waals surface area contributed by atoms with Gasteiger partial charge < -0.3 is 5.32 Å². The highest BCUT2D eigenvalue weighted by atomic mass is 35.5. The monoisotopic (exact) mass is 507 g/mol. The van der Waals surface area contributed by atoms with Gasteiger partial charge in [-0.25, -0.2) is 18.3 Å². The van der Waals surface area contributed by atoms with Crippen molar-refractivity contribution >= 4 is 52.3 Å². The molecule has 0 saturated heterocycles. The van der Waals surface area contributed by atoms with Gasteiger partial charge in [0, 0.05) is 34.1 Å². The maximum atomic E-state index is 14.3. The fourth-order valence-corrected chi connectivity index (χ4v) is 4.31. The lowest BCUT2D eigenvalue weighted by Crippen LogP contribution is -2.14. The summed E-state index contributed by atoms with van der Waals surface area (Å²) in [6, 6.07) is 8.51. The highest BCUT2D eigenvalue weighted by Gasteiger charge is 2.17. The van der Waals surface area contributed by atoms with Gasteiger partial charge in [0.25, 0.3) is 5.78 Å². The van der Waals surface area contributed by atoms with Crippen molar-refractivity contribution < 1.29 is 13.6 Å². The first-order valence-corrected chi connectivity index (χ1v) is 11.5. The Morgan fingerprint density at radius 2 is 1.85 bits per heavy atom. The number of aryl methyl sites for hydroxylation is 2. The van der Waals surface area contributed by atoms with Crippen molar-refractivity contribution in [1.29, 1.82) is 0 Å². The Kier molecular flexibility index (Phi) is 6.83. The second kappa shape index (κ2) is 9.62. The van der Waals surface area contributed by atoms with Gasteiger partial charge in [-0.1, -0.05) is 41.0 Å². The van der Waals surface area contributed by atoms with E-state index in [2.05, 4.69) is 20.4 Å². The SMILES string of the molecule is Cc1nc2nc(SCC(=O)Nc3ccc(F)c(Cl)c3)nn2c(C)c1Cc1c(F)cccc1Cl. The van der Waals surface area contributed by atoms with E-state index >= 15 is 0 Å². The number of thioether (sulfide) groups is 1. The standard InChI is InChI=1S/C22H17Cl2F2N5OS/c1-11-14(9-15-16(23)4-3-5-18(15)25)12(2)31-21(27-11)29-22(30-31)33-10-20(32)28-13-6-7-19(26)17(24)8-13/h3-8H,9-10H2,1-2H3,(H,28,32). The topological polar surface area (TPSA) is 72.2 Å². The van der Waals surface area contributed by atoms with Crippen LogP contribution in [0.2, 0.25) is 10.0 Å². The zero-order valence-corrected chi connectivity index (χ0v) is 19.8. The van der Waals surface area contributed by atoms with Crippen LogP contribution in [0.3, 0.4) is 0 Å². The number of carbonyl (C=O) groups is 1. The van der Waals surface area contributed by atoms with Gasteiger partial charge in [-0.15, -0.1) is 5.10 Å². The second-order valence-electron chi connectivity index (χ2n) is 7.21. The van der Waals surface area contributed by atoms with Crippen LogP contribution < -0.4 is 5.32 Å². The van der Waals surface area contributed by atoms with Crippen molar-refractivity contribution in [3.8, 4) is 0 Å². The van der Waals surface area contributed by atoms with Gasteiger partial charge >= 0.3 is 0 Å². The third kappa shape index (κ3) is 5.10. The van der Waals surface area contributed by atoms with Crippen molar-refractivity contribution in [3.63, 3.8) is 0 Å². The molecule has 0 bridgehead atoms. The molecule has 0 spiro atoms. The van der Waals surface area contributed by atoms with Gasteiger partial charge in [-0.05, 0) is 49.7 Å². The van der Waals surface area contributed by atoms with E-state index in [-0.39, 0.29) is 28.9 Å². The molecule has 170 valence electrons. The van der Waals surface area contributed by atoms with Crippen LogP contribution >= 0.6 is 35.0 Å². The molecule has 0 fully saturated rings. The van der Waals surface area contributed by atoms with Crippen LogP contribution in [-0.4, -0.2) is 31.2 Å². The number of nitrogens with one attached hydrogen (secondary N) is 1. The zero-order chi connectivity index (χ0) is 23.7. The number of amides is 1. The first-order valence-electron chi connectivity index (χ1n) is 9.76. The Hall–Kier alpha value is -2.75. The summed E-state index contributed by atoms with van der Waals surface area (Å²) in [6.07, 6.45) is 0.261. The average Bonchev–Trinajstić information content (AvgIpc) is 3.17. The fourth-order valence-electron chi connectivity index (χ4n) is 3.29. The van der Waals surface area contributed by atoms with Crippen LogP contribution in [0.1, 0.15) is 22.5 Å². The third-order valence-electron chi connectivity index (χ3n) is 4.98. The van der Waals surface area contributed by atoms with E-state index in [4.69, 9.17) is 23.2 Å². The van der Waals surface area contributed by atoms with Gasteiger partial charge in [0.15, 0.2) is 0 Å². The van der Waals surface area contributed by atoms with Crippen molar-refractivity contribution in [2.45, 2.75) is 25.4 Å². The molecule has 11 heteroatoms. The molecular formula is C22H17Cl2F2N5OS. The Bertz CT molecular complexity index is 1360. The lowest BCUT2D eigenvalue weighted by atomic mass is 10.0. The number of benzene rings is 2. The maximum Gasteiger partial charge on any atom is 0.253 e. The van der Waals surface area contributed by atoms with Gasteiger partial charge in [-0.2, -0.15) is 4.98 Å². The summed E-state index contributed by atoms with van der Waals surface area (Å²) in [5, 5.41) is 7.71. The molecule has 0 aliphatic rings. The summed E-state index contributed by atoms with van der Waals surface area (Å²) in [7, 11) is 0. The number of carbonyl (C=O) groups excluding carboxylic acids is 1. The summed E-state index contributed by atoms with van der Waals surface area (Å²) < 4.78 is 29.1. The Morgan fingerprint density at radius 3 is 2.58 bits per heavy atom. The van der Waals surface area contributed by atoms with Crippen LogP contribution in [-0.2, 0) is 11.2 Å². The van der Waals surface area contributed by atoms with Gasteiger partial charge in [0.1, 0.15) is 11.6 Å². The predicted molar refractivity (Wildman–Crippen MR) is 125 cm³/mol. The molecule has 0 aliphatic carbocycles. The number of hydrogen-bond donors (Lipinski definition) is 1. The molecule has 0 aliphatic heterocycles. The molecule has 33 heavy (non-hydrogen) atoms. The Morgan fingerprint density at radius 1 is 1.06 bits per heavy atom. The molecule has 1 amide bonds. The van der Waals surface area contributed by atoms with Gasteiger partial charge in [-0.3, -0.25) is 4.79 Å². The number of anilines is 1. The number of aromatic nitrogens is 4. The summed E-state index contributed by atoms with van der Waals surface area (Å²) >= 11 is 13.1. The van der Waals surface area contributed by atoms with E-state index in [1.165, 1.54) is 24.3 Å². The van der Waals surface area contributed by atoms with Gasteiger partial charge in [0.05, 0.1) is 10.8 Å². The second-order valence-corrected chi connectivity index (χ2v) is 8.97. The van der Waals surface area contributed by atoms with Crippen LogP contribution in [0.15, 0.2) is 41.6 Å². The Labute approximate surface area is 202 Å². The van der Waals surface area contributed by atoms with Crippen molar-refractivity contribution in [3.05, 3.63) is 80.6 Å². The fraction of sp³-hybridized carbons (Fsp3) is 0.182. The molecule has 4 aromatic rings. The summed E-state index contributed by atoms with van der Waals surface area (Å²) in [5.41, 5.74) is 3.01. The number of hydrogen-bond acceptors (Lipinski definition) is 5. The zero-order valence-electron chi connectivity index (χ0n) is 17.5. The van der Waals surface area contributed by atoms with E-state index in [1.807, 2.05) is 13.8 Å². The molecule has 2 heterocycles. The largest absolute Gasteiger partial charge is 0.325 e. The maximum absolute atomic E-state index is 14.3. The molecule has 4 rings (SSSR count). The van der Waals surface area contributed by atoms with E-state index in [0.29, 0.717) is 32.9 Å².